The highest BCUT2D eigenvalue weighted by molar-refractivity contribution is 6.08. The minimum Gasteiger partial charge on any atom is -0.480 e. The summed E-state index contributed by atoms with van der Waals surface area (Å²) in [6.45, 7) is 5.10. The number of primary amides is 1. The van der Waals surface area contributed by atoms with Crippen LogP contribution in [0.2, 0.25) is 0 Å². The standard InChI is InChI=1S/C27H28N6O4.ClH/c1-5-33(6-2)26(35)17-8-7-9-18(12-17)31-23-19-11-10-16(13-22(19)29-15-21(23)24(28)34)20-14-30-27(37-4)32-25(20)36-3;/h7-15H,5-6H2,1-4H3,(H2,28,34)(H,29,31);1H. The lowest BCUT2D eigenvalue weighted by Crippen LogP contribution is -2.30. The van der Waals surface area contributed by atoms with Gasteiger partial charge in [-0.25, -0.2) is 4.98 Å². The molecule has 0 bridgehead atoms. The molecule has 11 heteroatoms. The molecule has 38 heavy (non-hydrogen) atoms. The van der Waals surface area contributed by atoms with E-state index in [0.29, 0.717) is 52.4 Å². The van der Waals surface area contributed by atoms with E-state index in [4.69, 9.17) is 15.2 Å². The number of carbonyl (C=O) groups is 2. The second kappa shape index (κ2) is 12.2. The molecule has 4 rings (SSSR count). The Morgan fingerprint density at radius 1 is 1.00 bits per heavy atom. The Morgan fingerprint density at radius 3 is 2.42 bits per heavy atom. The van der Waals surface area contributed by atoms with Crippen molar-refractivity contribution in [1.82, 2.24) is 19.9 Å². The number of carbonyl (C=O) groups excluding carboxylic acids is 2. The summed E-state index contributed by atoms with van der Waals surface area (Å²) in [6.07, 6.45) is 3.05. The molecule has 198 valence electrons. The van der Waals surface area contributed by atoms with Crippen molar-refractivity contribution in [3.05, 3.63) is 66.0 Å². The van der Waals surface area contributed by atoms with Gasteiger partial charge < -0.3 is 25.4 Å². The van der Waals surface area contributed by atoms with Crippen molar-refractivity contribution in [2.24, 2.45) is 5.73 Å². The summed E-state index contributed by atoms with van der Waals surface area (Å²) in [7, 11) is 3.00. The molecule has 0 aliphatic carbocycles. The molecule has 3 N–H and O–H groups in total. The lowest BCUT2D eigenvalue weighted by atomic mass is 10.0. The first-order valence-corrected chi connectivity index (χ1v) is 11.7. The van der Waals surface area contributed by atoms with E-state index in [9.17, 15) is 9.59 Å². The maximum atomic E-state index is 12.8. The number of hydrogen-bond donors (Lipinski definition) is 2. The quantitative estimate of drug-likeness (QED) is 0.320. The van der Waals surface area contributed by atoms with Gasteiger partial charge in [-0.1, -0.05) is 18.2 Å². The predicted molar refractivity (Wildman–Crippen MR) is 149 cm³/mol. The van der Waals surface area contributed by atoms with Gasteiger partial charge in [0.1, 0.15) is 0 Å². The Hall–Kier alpha value is -4.44. The normalized spacial score (nSPS) is 10.4. The summed E-state index contributed by atoms with van der Waals surface area (Å²) >= 11 is 0. The van der Waals surface area contributed by atoms with Crippen LogP contribution in [0.25, 0.3) is 22.0 Å². The second-order valence-electron chi connectivity index (χ2n) is 8.11. The monoisotopic (exact) mass is 536 g/mol. The first-order chi connectivity index (χ1) is 17.9. The zero-order chi connectivity index (χ0) is 26.5. The fourth-order valence-corrected chi connectivity index (χ4v) is 4.05. The topological polar surface area (TPSA) is 133 Å². The summed E-state index contributed by atoms with van der Waals surface area (Å²) in [6, 6.07) is 12.9. The van der Waals surface area contributed by atoms with Gasteiger partial charge in [-0.2, -0.15) is 4.98 Å². The van der Waals surface area contributed by atoms with E-state index in [2.05, 4.69) is 20.3 Å². The smallest absolute Gasteiger partial charge is 0.319 e. The number of ether oxygens (including phenoxy) is 2. The highest BCUT2D eigenvalue weighted by Crippen LogP contribution is 2.34. The Bertz CT molecular complexity index is 1480. The van der Waals surface area contributed by atoms with E-state index >= 15 is 0 Å². The number of benzene rings is 2. The molecule has 2 aromatic carbocycles. The summed E-state index contributed by atoms with van der Waals surface area (Å²) in [4.78, 5) is 39.7. The lowest BCUT2D eigenvalue weighted by molar-refractivity contribution is 0.0772. The number of nitrogens with one attached hydrogen (secondary N) is 1. The van der Waals surface area contributed by atoms with Crippen molar-refractivity contribution < 1.29 is 19.1 Å². The van der Waals surface area contributed by atoms with Crippen LogP contribution in [0.15, 0.2) is 54.9 Å². The SMILES string of the molecule is CCN(CC)C(=O)c1cccc(Nc2c(C(N)=O)cnc3cc(-c4cnc(OC)nc4OC)ccc23)c1.Cl. The molecule has 0 aliphatic rings. The van der Waals surface area contributed by atoms with Crippen molar-refractivity contribution in [3.8, 4) is 23.0 Å². The molecule has 10 nitrogen and oxygen atoms in total. The van der Waals surface area contributed by atoms with Crippen LogP contribution >= 0.6 is 12.4 Å². The van der Waals surface area contributed by atoms with E-state index < -0.39 is 5.91 Å². The van der Waals surface area contributed by atoms with Gasteiger partial charge in [0.15, 0.2) is 0 Å². The maximum Gasteiger partial charge on any atom is 0.319 e. The first-order valence-electron chi connectivity index (χ1n) is 11.7. The Kier molecular flexibility index (Phi) is 9.03. The Morgan fingerprint density at radius 2 is 1.76 bits per heavy atom. The van der Waals surface area contributed by atoms with E-state index in [1.54, 1.807) is 29.3 Å². The van der Waals surface area contributed by atoms with Crippen LogP contribution in [0.4, 0.5) is 11.4 Å². The van der Waals surface area contributed by atoms with Crippen molar-refractivity contribution in [1.29, 1.82) is 0 Å². The van der Waals surface area contributed by atoms with Crippen LogP contribution in [0.1, 0.15) is 34.6 Å². The fourth-order valence-electron chi connectivity index (χ4n) is 4.05. The molecular formula is C27H29ClN6O4. The molecule has 0 unspecified atom stereocenters. The van der Waals surface area contributed by atoms with Gasteiger partial charge in [-0.3, -0.25) is 14.6 Å². The molecule has 0 saturated heterocycles. The molecule has 0 spiro atoms. The van der Waals surface area contributed by atoms with Crippen molar-refractivity contribution in [2.45, 2.75) is 13.8 Å². The van der Waals surface area contributed by atoms with Crippen molar-refractivity contribution in [2.75, 3.05) is 32.6 Å². The zero-order valence-corrected chi connectivity index (χ0v) is 22.3. The number of amides is 2. The third-order valence-electron chi connectivity index (χ3n) is 5.98. The average Bonchev–Trinajstić information content (AvgIpc) is 2.93. The molecule has 0 atom stereocenters. The van der Waals surface area contributed by atoms with Crippen LogP contribution in [-0.2, 0) is 0 Å². The lowest BCUT2D eigenvalue weighted by Gasteiger charge is -2.19. The third kappa shape index (κ3) is 5.60. The van der Waals surface area contributed by atoms with Gasteiger partial charge >= 0.3 is 6.01 Å². The molecular weight excluding hydrogens is 508 g/mol. The highest BCUT2D eigenvalue weighted by atomic mass is 35.5. The largest absolute Gasteiger partial charge is 0.480 e. The van der Waals surface area contributed by atoms with Crippen LogP contribution < -0.4 is 20.5 Å². The fraction of sp³-hybridized carbons (Fsp3) is 0.222. The molecule has 2 aromatic heterocycles. The maximum absolute atomic E-state index is 12.8. The van der Waals surface area contributed by atoms with Crippen LogP contribution in [0.5, 0.6) is 11.9 Å². The number of rotatable bonds is 9. The number of anilines is 2. The zero-order valence-electron chi connectivity index (χ0n) is 21.5. The molecule has 0 radical (unpaired) electrons. The van der Waals surface area contributed by atoms with Crippen LogP contribution in [-0.4, -0.2) is 59.0 Å². The van der Waals surface area contributed by atoms with E-state index in [1.165, 1.54) is 20.4 Å². The summed E-state index contributed by atoms with van der Waals surface area (Å²) in [5.74, 6) is -0.335. The Labute approximate surface area is 226 Å². The predicted octanol–water partition coefficient (Wildman–Crippen LogP) is 4.46. The first kappa shape index (κ1) is 28.1. The van der Waals surface area contributed by atoms with Gasteiger partial charge in [-0.15, -0.1) is 12.4 Å². The van der Waals surface area contributed by atoms with Gasteiger partial charge in [0.25, 0.3) is 11.8 Å². The molecule has 0 fully saturated rings. The number of nitrogens with two attached hydrogens (primary N) is 1. The number of methoxy groups -OCH3 is 2. The number of aromatic nitrogens is 3. The molecule has 0 saturated carbocycles. The summed E-state index contributed by atoms with van der Waals surface area (Å²) in [5.41, 5.74) is 9.61. The number of pyridine rings is 1. The van der Waals surface area contributed by atoms with Gasteiger partial charge in [0.05, 0.1) is 36.6 Å². The number of fused-ring (bicyclic) bond motifs is 1. The van der Waals surface area contributed by atoms with E-state index in [0.717, 1.165) is 5.56 Å². The minimum absolute atomic E-state index is 0. The number of nitrogens with zero attached hydrogens (tertiary/aromatic N) is 4. The third-order valence-corrected chi connectivity index (χ3v) is 5.98. The molecule has 0 aliphatic heterocycles. The number of halogens is 1. The number of hydrogen-bond acceptors (Lipinski definition) is 8. The summed E-state index contributed by atoms with van der Waals surface area (Å²) in [5, 5.41) is 3.96. The van der Waals surface area contributed by atoms with Gasteiger partial charge in [0, 0.05) is 42.1 Å². The van der Waals surface area contributed by atoms with Crippen LogP contribution in [0.3, 0.4) is 0 Å². The van der Waals surface area contributed by atoms with E-state index in [1.807, 2.05) is 38.1 Å². The van der Waals surface area contributed by atoms with Crippen molar-refractivity contribution >= 4 is 46.5 Å². The van der Waals surface area contributed by atoms with Crippen LogP contribution in [0, 0.1) is 0 Å². The van der Waals surface area contributed by atoms with Gasteiger partial charge in [-0.05, 0) is 43.7 Å². The molecule has 2 amide bonds. The highest BCUT2D eigenvalue weighted by Gasteiger charge is 2.18. The average molecular weight is 537 g/mol. The minimum atomic E-state index is -0.624. The Balaban J connectivity index is 0.00000400. The summed E-state index contributed by atoms with van der Waals surface area (Å²) < 4.78 is 10.5. The van der Waals surface area contributed by atoms with Gasteiger partial charge in [0.2, 0.25) is 5.88 Å². The second-order valence-corrected chi connectivity index (χ2v) is 8.11. The molecule has 4 aromatic rings. The van der Waals surface area contributed by atoms with E-state index in [-0.39, 0.29) is 29.9 Å². The molecule has 2 heterocycles. The van der Waals surface area contributed by atoms with Crippen molar-refractivity contribution in [3.63, 3.8) is 0 Å².